The zero-order chi connectivity index (χ0) is 29.3. The molecule has 4 heterocycles. The van der Waals surface area contributed by atoms with E-state index in [4.69, 9.17) is 27.9 Å². The average Bonchev–Trinajstić information content (AvgIpc) is 3.39. The van der Waals surface area contributed by atoms with Crippen LogP contribution in [0.5, 0.6) is 11.8 Å². The van der Waals surface area contributed by atoms with Crippen molar-refractivity contribution in [1.82, 2.24) is 34.0 Å². The van der Waals surface area contributed by atoms with Crippen LogP contribution in [0.1, 0.15) is 12.5 Å². The van der Waals surface area contributed by atoms with Gasteiger partial charge in [-0.1, -0.05) is 29.3 Å². The Morgan fingerprint density at radius 2 is 1.83 bits per heavy atom. The summed E-state index contributed by atoms with van der Waals surface area (Å²) in [6, 6.07) is 10.0. The fraction of sp³-hybridized carbons (Fsp3) is 0.192. The number of hydrogen-bond donors (Lipinski definition) is 2. The van der Waals surface area contributed by atoms with Crippen LogP contribution in [0.25, 0.3) is 22.2 Å². The van der Waals surface area contributed by atoms with Gasteiger partial charge in [-0.25, -0.2) is 23.1 Å². The molecule has 41 heavy (non-hydrogen) atoms. The molecule has 0 saturated carbocycles. The second-order valence-corrected chi connectivity index (χ2v) is 11.7. The van der Waals surface area contributed by atoms with Crippen molar-refractivity contribution in [3.8, 4) is 22.9 Å². The smallest absolute Gasteiger partial charge is 0.259 e. The largest absolute Gasteiger partial charge is 0.419 e. The summed E-state index contributed by atoms with van der Waals surface area (Å²) >= 11 is 12.7. The zero-order valence-corrected chi connectivity index (χ0v) is 24.4. The predicted octanol–water partition coefficient (Wildman–Crippen LogP) is 4.50. The Balaban J connectivity index is 1.48. The molecule has 0 amide bonds. The van der Waals surface area contributed by atoms with E-state index in [0.29, 0.717) is 55.9 Å². The van der Waals surface area contributed by atoms with Crippen LogP contribution in [-0.4, -0.2) is 44.0 Å². The van der Waals surface area contributed by atoms with Crippen molar-refractivity contribution in [2.75, 3.05) is 11.6 Å². The third-order valence-corrected chi connectivity index (χ3v) is 7.33. The van der Waals surface area contributed by atoms with Crippen LogP contribution in [0.15, 0.2) is 59.8 Å². The Morgan fingerprint density at radius 1 is 1.07 bits per heavy atom. The number of pyridine rings is 2. The lowest BCUT2D eigenvalue weighted by Crippen LogP contribution is -2.21. The highest BCUT2D eigenvalue weighted by Gasteiger charge is 2.17. The Hall–Kier alpha value is -4.04. The van der Waals surface area contributed by atoms with Crippen LogP contribution in [0, 0.1) is 0 Å². The maximum atomic E-state index is 13.2. The van der Waals surface area contributed by atoms with Crippen molar-refractivity contribution in [1.29, 1.82) is 0 Å². The second-order valence-electron chi connectivity index (χ2n) is 9.01. The highest BCUT2D eigenvalue weighted by atomic mass is 35.5. The number of nitrogens with one attached hydrogen (secondary N) is 2. The topological polar surface area (TPSA) is 146 Å². The van der Waals surface area contributed by atoms with Gasteiger partial charge < -0.3 is 10.1 Å². The number of fused-ring (bicyclic) bond motifs is 1. The van der Waals surface area contributed by atoms with E-state index in [9.17, 15) is 13.2 Å². The van der Waals surface area contributed by atoms with E-state index in [1.54, 1.807) is 60.5 Å². The van der Waals surface area contributed by atoms with E-state index in [2.05, 4.69) is 30.1 Å². The van der Waals surface area contributed by atoms with Gasteiger partial charge in [0.25, 0.3) is 5.56 Å². The summed E-state index contributed by atoms with van der Waals surface area (Å²) in [7, 11) is -1.90. The minimum Gasteiger partial charge on any atom is -0.419 e. The third-order valence-electron chi connectivity index (χ3n) is 6.03. The van der Waals surface area contributed by atoms with E-state index >= 15 is 0 Å². The number of anilines is 2. The molecule has 12 nitrogen and oxygen atoms in total. The van der Waals surface area contributed by atoms with Crippen molar-refractivity contribution in [2.24, 2.45) is 7.05 Å². The number of halogens is 2. The van der Waals surface area contributed by atoms with E-state index in [1.165, 1.54) is 10.8 Å². The number of aromatic nitrogens is 6. The lowest BCUT2D eigenvalue weighted by molar-refractivity contribution is 0.427. The molecule has 5 rings (SSSR count). The van der Waals surface area contributed by atoms with Crippen molar-refractivity contribution in [3.05, 3.63) is 81.0 Å². The summed E-state index contributed by atoms with van der Waals surface area (Å²) in [5.41, 5.74) is 1.71. The second kappa shape index (κ2) is 11.4. The number of aryl methyl sites for hydroxylation is 2. The first-order valence-corrected chi connectivity index (χ1v) is 14.9. The Labute approximate surface area is 245 Å². The number of nitrogens with zero attached hydrogens (tertiary/aromatic N) is 6. The predicted molar refractivity (Wildman–Crippen MR) is 157 cm³/mol. The van der Waals surface area contributed by atoms with Gasteiger partial charge in [-0.05, 0) is 31.2 Å². The summed E-state index contributed by atoms with van der Waals surface area (Å²) in [6.45, 7) is 2.53. The van der Waals surface area contributed by atoms with Crippen molar-refractivity contribution in [2.45, 2.75) is 20.0 Å². The van der Waals surface area contributed by atoms with E-state index in [1.807, 2.05) is 6.92 Å². The van der Waals surface area contributed by atoms with Crippen LogP contribution in [0.2, 0.25) is 10.0 Å². The number of ether oxygens (including phenoxy) is 1. The molecule has 4 aromatic heterocycles. The molecule has 0 aliphatic carbocycles. The monoisotopic (exact) mass is 614 g/mol. The van der Waals surface area contributed by atoms with E-state index in [0.717, 1.165) is 6.26 Å². The summed E-state index contributed by atoms with van der Waals surface area (Å²) in [4.78, 5) is 26.5. The summed E-state index contributed by atoms with van der Waals surface area (Å²) in [5.74, 6) is 0.688. The molecule has 0 spiro atoms. The number of sulfonamides is 1. The molecule has 0 atom stereocenters. The highest BCUT2D eigenvalue weighted by molar-refractivity contribution is 7.88. The maximum absolute atomic E-state index is 13.2. The Kier molecular flexibility index (Phi) is 7.95. The fourth-order valence-corrected chi connectivity index (χ4v) is 5.06. The molecule has 0 aliphatic heterocycles. The quantitative estimate of drug-likeness (QED) is 0.245. The van der Waals surface area contributed by atoms with Gasteiger partial charge >= 0.3 is 0 Å². The third kappa shape index (κ3) is 6.33. The van der Waals surface area contributed by atoms with Gasteiger partial charge in [0, 0.05) is 55.1 Å². The highest BCUT2D eigenvalue weighted by Crippen LogP contribution is 2.34. The van der Waals surface area contributed by atoms with E-state index in [-0.39, 0.29) is 23.9 Å². The lowest BCUT2D eigenvalue weighted by atomic mass is 10.1. The number of rotatable bonds is 9. The van der Waals surface area contributed by atoms with Crippen LogP contribution in [0.3, 0.4) is 0 Å². The molecular weight excluding hydrogens is 591 g/mol. The van der Waals surface area contributed by atoms with Crippen LogP contribution in [-0.2, 0) is 30.2 Å². The molecule has 15 heteroatoms. The van der Waals surface area contributed by atoms with Crippen molar-refractivity contribution in [3.63, 3.8) is 0 Å². The SMILES string of the molecule is CCn1ccc(Oc2ncc(Nc3ncc4cc(-c5c(Cl)cccc5Cl)c(=O)n(C)c4n3)cc2CNS(C)(=O)=O)n1. The molecular formula is C26H24Cl2N8O4S. The summed E-state index contributed by atoms with van der Waals surface area (Å²) in [6.07, 6.45) is 5.88. The molecule has 212 valence electrons. The molecule has 0 bridgehead atoms. The first-order valence-electron chi connectivity index (χ1n) is 12.3. The van der Waals surface area contributed by atoms with Gasteiger partial charge in [0.2, 0.25) is 27.7 Å². The molecule has 5 aromatic rings. The van der Waals surface area contributed by atoms with Crippen LogP contribution in [0.4, 0.5) is 11.6 Å². The number of benzene rings is 1. The van der Waals surface area contributed by atoms with Gasteiger partial charge in [0.1, 0.15) is 5.65 Å². The molecule has 0 aliphatic rings. The Bertz CT molecular complexity index is 1920. The van der Waals surface area contributed by atoms with Crippen molar-refractivity contribution >= 4 is 55.9 Å². The normalized spacial score (nSPS) is 11.6. The Morgan fingerprint density at radius 3 is 2.51 bits per heavy atom. The molecule has 0 radical (unpaired) electrons. The lowest BCUT2D eigenvalue weighted by Gasteiger charge is -2.13. The minimum absolute atomic E-state index is 0.0777. The molecule has 0 saturated heterocycles. The maximum Gasteiger partial charge on any atom is 0.259 e. The van der Waals surface area contributed by atoms with Crippen molar-refractivity contribution < 1.29 is 13.2 Å². The van der Waals surface area contributed by atoms with Gasteiger partial charge in [-0.3, -0.25) is 14.0 Å². The first kappa shape index (κ1) is 28.5. The van der Waals surface area contributed by atoms with Gasteiger partial charge in [-0.2, -0.15) is 4.98 Å². The first-order chi connectivity index (χ1) is 19.5. The summed E-state index contributed by atoms with van der Waals surface area (Å²) < 4.78 is 34.9. The fourth-order valence-electron chi connectivity index (χ4n) is 4.04. The average molecular weight is 616 g/mol. The van der Waals surface area contributed by atoms with Gasteiger partial charge in [0.15, 0.2) is 0 Å². The van der Waals surface area contributed by atoms with Gasteiger partial charge in [0.05, 0.1) is 33.7 Å². The molecule has 1 aromatic carbocycles. The molecule has 0 fully saturated rings. The van der Waals surface area contributed by atoms with Gasteiger partial charge in [-0.15, -0.1) is 5.10 Å². The molecule has 0 unspecified atom stereocenters. The summed E-state index contributed by atoms with van der Waals surface area (Å²) in [5, 5.41) is 8.64. The minimum atomic E-state index is -3.49. The zero-order valence-electron chi connectivity index (χ0n) is 22.1. The van der Waals surface area contributed by atoms with Crippen LogP contribution >= 0.6 is 23.2 Å². The van der Waals surface area contributed by atoms with E-state index < -0.39 is 10.0 Å². The molecule has 2 N–H and O–H groups in total. The standard InChI is InChI=1S/C26H24Cl2N8O4S/c1-4-36-9-8-21(34-36)40-24-16(13-31-41(3,38)39)10-17(14-29-24)32-26-30-12-15-11-18(25(37)35(2)23(15)33-26)22-19(27)6-5-7-20(22)28/h5-12,14,31H,4,13H2,1-3H3,(H,30,32,33). The number of hydrogen-bond acceptors (Lipinski definition) is 9. The van der Waals surface area contributed by atoms with Crippen LogP contribution < -0.4 is 20.3 Å².